The largest absolute Gasteiger partial charge is 0.372 e. The summed E-state index contributed by atoms with van der Waals surface area (Å²) in [4.78, 5) is 3.96. The van der Waals surface area contributed by atoms with Crippen molar-refractivity contribution in [3.63, 3.8) is 0 Å². The molecule has 0 amide bonds. The summed E-state index contributed by atoms with van der Waals surface area (Å²) in [6.07, 6.45) is 5.12. The Morgan fingerprint density at radius 2 is 2.31 bits per heavy atom. The molecule has 1 fully saturated rings. The molecule has 0 saturated carbocycles. The summed E-state index contributed by atoms with van der Waals surface area (Å²) in [6.45, 7) is 2.78. The molecule has 0 aromatic carbocycles. The van der Waals surface area contributed by atoms with Gasteiger partial charge in [-0.1, -0.05) is 0 Å². The molecule has 1 N–H and O–H groups in total. The predicted molar refractivity (Wildman–Crippen MR) is 50.3 cm³/mol. The van der Waals surface area contributed by atoms with Gasteiger partial charge >= 0.3 is 0 Å². The molecule has 13 heavy (non-hydrogen) atoms. The lowest BCUT2D eigenvalue weighted by Gasteiger charge is -2.09. The predicted octanol–water partition coefficient (Wildman–Crippen LogP) is 0.960. The van der Waals surface area contributed by atoms with Gasteiger partial charge < -0.3 is 10.1 Å². The zero-order valence-corrected chi connectivity index (χ0v) is 7.57. The fourth-order valence-electron chi connectivity index (χ4n) is 1.46. The molecule has 1 atom stereocenters. The van der Waals surface area contributed by atoms with Crippen molar-refractivity contribution in [2.45, 2.75) is 19.1 Å². The van der Waals surface area contributed by atoms with E-state index in [1.165, 1.54) is 5.56 Å². The van der Waals surface area contributed by atoms with Gasteiger partial charge in [0.1, 0.15) is 0 Å². The number of ether oxygens (including phenoxy) is 1. The highest BCUT2D eigenvalue weighted by Gasteiger charge is 2.14. The van der Waals surface area contributed by atoms with E-state index >= 15 is 0 Å². The molecule has 2 rings (SSSR count). The van der Waals surface area contributed by atoms with E-state index in [0.29, 0.717) is 12.7 Å². The van der Waals surface area contributed by atoms with Gasteiger partial charge in [0.25, 0.3) is 0 Å². The third-order valence-corrected chi connectivity index (χ3v) is 2.25. The summed E-state index contributed by atoms with van der Waals surface area (Å²) >= 11 is 0. The van der Waals surface area contributed by atoms with Gasteiger partial charge in [0, 0.05) is 18.9 Å². The van der Waals surface area contributed by atoms with E-state index in [2.05, 4.69) is 10.3 Å². The Morgan fingerprint density at radius 3 is 3.00 bits per heavy atom. The molecule has 2 heterocycles. The van der Waals surface area contributed by atoms with E-state index < -0.39 is 0 Å². The van der Waals surface area contributed by atoms with E-state index in [1.807, 2.05) is 12.1 Å². The number of rotatable bonds is 3. The quantitative estimate of drug-likeness (QED) is 0.748. The van der Waals surface area contributed by atoms with Crippen LogP contribution in [0.2, 0.25) is 0 Å². The molecular weight excluding hydrogens is 164 g/mol. The monoisotopic (exact) mass is 178 g/mol. The second-order valence-corrected chi connectivity index (χ2v) is 3.28. The third-order valence-electron chi connectivity index (χ3n) is 2.25. The minimum absolute atomic E-state index is 0.396. The molecule has 1 aromatic rings. The molecule has 0 spiro atoms. The number of nitrogens with one attached hydrogen (secondary N) is 1. The molecule has 3 heteroatoms. The lowest BCUT2D eigenvalue weighted by Crippen LogP contribution is -2.16. The van der Waals surface area contributed by atoms with Gasteiger partial charge in [-0.25, -0.2) is 0 Å². The van der Waals surface area contributed by atoms with Crippen LogP contribution < -0.4 is 5.32 Å². The summed E-state index contributed by atoms with van der Waals surface area (Å²) in [5, 5.41) is 3.27. The van der Waals surface area contributed by atoms with Crippen LogP contribution in [0.3, 0.4) is 0 Å². The Kier molecular flexibility index (Phi) is 2.90. The van der Waals surface area contributed by atoms with Crippen LogP contribution in [0.15, 0.2) is 24.5 Å². The lowest BCUT2D eigenvalue weighted by molar-refractivity contribution is 0.0542. The summed E-state index contributed by atoms with van der Waals surface area (Å²) in [5.74, 6) is 0. The van der Waals surface area contributed by atoms with E-state index in [-0.39, 0.29) is 0 Å². The highest BCUT2D eigenvalue weighted by molar-refractivity contribution is 5.08. The Labute approximate surface area is 78.1 Å². The van der Waals surface area contributed by atoms with Crippen molar-refractivity contribution in [2.75, 3.05) is 13.1 Å². The highest BCUT2D eigenvalue weighted by Crippen LogP contribution is 2.07. The van der Waals surface area contributed by atoms with Gasteiger partial charge in [0.15, 0.2) is 0 Å². The zero-order chi connectivity index (χ0) is 8.93. The van der Waals surface area contributed by atoms with Crippen molar-refractivity contribution in [1.82, 2.24) is 10.3 Å². The number of hydrogen-bond acceptors (Lipinski definition) is 3. The van der Waals surface area contributed by atoms with Crippen LogP contribution in [0.5, 0.6) is 0 Å². The first-order chi connectivity index (χ1) is 6.45. The number of hydrogen-bond donors (Lipinski definition) is 1. The van der Waals surface area contributed by atoms with Crippen molar-refractivity contribution in [1.29, 1.82) is 0 Å². The maximum atomic E-state index is 5.70. The van der Waals surface area contributed by atoms with E-state index in [1.54, 1.807) is 12.4 Å². The van der Waals surface area contributed by atoms with E-state index in [9.17, 15) is 0 Å². The average Bonchev–Trinajstić information content (AvgIpc) is 2.69. The molecule has 1 saturated heterocycles. The lowest BCUT2D eigenvalue weighted by atomic mass is 10.3. The van der Waals surface area contributed by atoms with Crippen LogP contribution >= 0.6 is 0 Å². The molecule has 3 nitrogen and oxygen atoms in total. The maximum Gasteiger partial charge on any atom is 0.0722 e. The Balaban J connectivity index is 1.79. The number of aromatic nitrogens is 1. The SMILES string of the molecule is c1cc(CO[C@@H]2CCNC2)ccn1. The topological polar surface area (TPSA) is 34.1 Å². The van der Waals surface area contributed by atoms with Crippen LogP contribution in [-0.4, -0.2) is 24.2 Å². The minimum Gasteiger partial charge on any atom is -0.372 e. The average molecular weight is 178 g/mol. The third kappa shape index (κ3) is 2.50. The molecule has 0 unspecified atom stereocenters. The van der Waals surface area contributed by atoms with Gasteiger partial charge in [0.05, 0.1) is 12.7 Å². The smallest absolute Gasteiger partial charge is 0.0722 e. The Morgan fingerprint density at radius 1 is 1.46 bits per heavy atom. The van der Waals surface area contributed by atoms with E-state index in [4.69, 9.17) is 4.74 Å². The van der Waals surface area contributed by atoms with Crippen LogP contribution in [-0.2, 0) is 11.3 Å². The molecule has 70 valence electrons. The number of nitrogens with zero attached hydrogens (tertiary/aromatic N) is 1. The van der Waals surface area contributed by atoms with Crippen molar-refractivity contribution >= 4 is 0 Å². The Bertz CT molecular complexity index is 244. The molecule has 0 bridgehead atoms. The fourth-order valence-corrected chi connectivity index (χ4v) is 1.46. The second-order valence-electron chi connectivity index (χ2n) is 3.28. The van der Waals surface area contributed by atoms with Gasteiger partial charge in [-0.3, -0.25) is 4.98 Å². The van der Waals surface area contributed by atoms with Gasteiger partial charge in [-0.05, 0) is 30.7 Å². The van der Waals surface area contributed by atoms with E-state index in [0.717, 1.165) is 19.5 Å². The standard InChI is InChI=1S/C10H14N2O/c1-4-11-5-2-9(1)8-13-10-3-6-12-7-10/h1-2,4-5,10,12H,3,6-8H2/t10-/m1/s1. The van der Waals surface area contributed by atoms with Gasteiger partial charge in [-0.2, -0.15) is 0 Å². The summed E-state index contributed by atoms with van der Waals surface area (Å²) in [5.41, 5.74) is 1.20. The molecule has 1 aliphatic rings. The van der Waals surface area contributed by atoms with Gasteiger partial charge in [-0.15, -0.1) is 0 Å². The van der Waals surface area contributed by atoms with Crippen LogP contribution in [0, 0.1) is 0 Å². The minimum atomic E-state index is 0.396. The van der Waals surface area contributed by atoms with Crippen LogP contribution in [0.1, 0.15) is 12.0 Å². The first-order valence-corrected chi connectivity index (χ1v) is 4.66. The van der Waals surface area contributed by atoms with Crippen LogP contribution in [0.4, 0.5) is 0 Å². The van der Waals surface area contributed by atoms with Crippen molar-refractivity contribution in [2.24, 2.45) is 0 Å². The normalized spacial score (nSPS) is 22.0. The molecular formula is C10H14N2O. The van der Waals surface area contributed by atoms with Crippen molar-refractivity contribution in [3.8, 4) is 0 Å². The number of pyridine rings is 1. The highest BCUT2D eigenvalue weighted by atomic mass is 16.5. The summed E-state index contributed by atoms with van der Waals surface area (Å²) < 4.78 is 5.70. The molecule has 0 radical (unpaired) electrons. The first-order valence-electron chi connectivity index (χ1n) is 4.66. The molecule has 1 aliphatic heterocycles. The fraction of sp³-hybridized carbons (Fsp3) is 0.500. The summed E-state index contributed by atoms with van der Waals surface area (Å²) in [7, 11) is 0. The Hall–Kier alpha value is -0.930. The van der Waals surface area contributed by atoms with Crippen molar-refractivity contribution < 1.29 is 4.74 Å². The summed E-state index contributed by atoms with van der Waals surface area (Å²) in [6, 6.07) is 3.98. The second kappa shape index (κ2) is 4.35. The van der Waals surface area contributed by atoms with Crippen molar-refractivity contribution in [3.05, 3.63) is 30.1 Å². The van der Waals surface area contributed by atoms with Crippen LogP contribution in [0.25, 0.3) is 0 Å². The zero-order valence-electron chi connectivity index (χ0n) is 7.57. The molecule has 1 aromatic heterocycles. The first kappa shape index (κ1) is 8.66. The maximum absolute atomic E-state index is 5.70. The van der Waals surface area contributed by atoms with Gasteiger partial charge in [0.2, 0.25) is 0 Å². The molecule has 0 aliphatic carbocycles.